The summed E-state index contributed by atoms with van der Waals surface area (Å²) in [5.74, 6) is 0.560. The van der Waals surface area contributed by atoms with E-state index in [2.05, 4.69) is 4.98 Å². The summed E-state index contributed by atoms with van der Waals surface area (Å²) >= 11 is 1.06. The van der Waals surface area contributed by atoms with Crippen molar-refractivity contribution in [3.8, 4) is 5.88 Å². The van der Waals surface area contributed by atoms with E-state index in [-0.39, 0.29) is 23.0 Å². The van der Waals surface area contributed by atoms with Gasteiger partial charge >= 0.3 is 11.9 Å². The first-order valence-corrected chi connectivity index (χ1v) is 6.71. The summed E-state index contributed by atoms with van der Waals surface area (Å²) in [5, 5.41) is 11.0. The summed E-state index contributed by atoms with van der Waals surface area (Å²) in [6, 6.07) is 2.63. The quantitative estimate of drug-likeness (QED) is 0.331. The van der Waals surface area contributed by atoms with Gasteiger partial charge in [-0.3, -0.25) is 10.1 Å². The average Bonchev–Trinajstić information content (AvgIpc) is 2.36. The second kappa shape index (κ2) is 7.32. The molecular weight excluding hydrogens is 297 g/mol. The first-order chi connectivity index (χ1) is 9.33. The van der Waals surface area contributed by atoms with Crippen molar-refractivity contribution in [2.24, 2.45) is 0 Å². The van der Waals surface area contributed by atoms with Gasteiger partial charge in [0.25, 0.3) is 0 Å². The van der Waals surface area contributed by atoms with E-state index in [0.29, 0.717) is 12.2 Å². The number of nitrogens with zero attached hydrogens (tertiary/aromatic N) is 2. The zero-order valence-corrected chi connectivity index (χ0v) is 11.5. The van der Waals surface area contributed by atoms with Crippen LogP contribution >= 0.6 is 11.8 Å². The summed E-state index contributed by atoms with van der Waals surface area (Å²) in [6.07, 6.45) is -4.71. The first-order valence-electron chi connectivity index (χ1n) is 5.72. The summed E-state index contributed by atoms with van der Waals surface area (Å²) in [7, 11) is 1.38. The predicted octanol–water partition coefficient (Wildman–Crippen LogP) is 3.82. The van der Waals surface area contributed by atoms with Crippen LogP contribution < -0.4 is 4.74 Å². The van der Waals surface area contributed by atoms with Crippen molar-refractivity contribution in [2.45, 2.75) is 30.5 Å². The van der Waals surface area contributed by atoms with Gasteiger partial charge in [-0.15, -0.1) is 0 Å². The SMILES string of the molecule is COc1ccc([N+](=O)[O-])c(SCCCCC(F)(F)F)n1. The highest BCUT2D eigenvalue weighted by molar-refractivity contribution is 7.99. The molecule has 0 amide bonds. The molecule has 0 fully saturated rings. The number of halogens is 3. The molecule has 1 aromatic heterocycles. The van der Waals surface area contributed by atoms with Gasteiger partial charge in [0, 0.05) is 18.6 Å². The normalized spacial score (nSPS) is 11.4. The largest absolute Gasteiger partial charge is 0.481 e. The number of hydrogen-bond donors (Lipinski definition) is 0. The highest BCUT2D eigenvalue weighted by Gasteiger charge is 2.26. The molecule has 0 bridgehead atoms. The third kappa shape index (κ3) is 5.64. The van der Waals surface area contributed by atoms with Crippen LogP contribution in [0.15, 0.2) is 17.2 Å². The third-order valence-corrected chi connectivity index (χ3v) is 3.38. The Morgan fingerprint density at radius 2 is 2.10 bits per heavy atom. The van der Waals surface area contributed by atoms with Gasteiger partial charge in [-0.2, -0.15) is 18.2 Å². The predicted molar refractivity (Wildman–Crippen MR) is 68.1 cm³/mol. The van der Waals surface area contributed by atoms with E-state index < -0.39 is 17.5 Å². The lowest BCUT2D eigenvalue weighted by Crippen LogP contribution is -2.06. The van der Waals surface area contributed by atoms with Crippen molar-refractivity contribution in [2.75, 3.05) is 12.9 Å². The van der Waals surface area contributed by atoms with Crippen molar-refractivity contribution in [3.63, 3.8) is 0 Å². The molecule has 1 rings (SSSR count). The van der Waals surface area contributed by atoms with Crippen LogP contribution in [-0.4, -0.2) is 28.9 Å². The van der Waals surface area contributed by atoms with E-state index in [4.69, 9.17) is 4.74 Å². The third-order valence-electron chi connectivity index (χ3n) is 2.31. The molecule has 5 nitrogen and oxygen atoms in total. The number of unbranched alkanes of at least 4 members (excludes halogenated alkanes) is 1. The average molecular weight is 310 g/mol. The Morgan fingerprint density at radius 3 is 2.65 bits per heavy atom. The number of pyridine rings is 1. The Bertz CT molecular complexity index is 469. The minimum Gasteiger partial charge on any atom is -0.481 e. The fraction of sp³-hybridized carbons (Fsp3) is 0.545. The summed E-state index contributed by atoms with van der Waals surface area (Å²) in [5.41, 5.74) is -0.174. The number of aromatic nitrogens is 1. The number of ether oxygens (including phenoxy) is 1. The maximum absolute atomic E-state index is 11.9. The van der Waals surface area contributed by atoms with Gasteiger partial charge in [-0.25, -0.2) is 0 Å². The Balaban J connectivity index is 2.55. The minimum absolute atomic E-state index is 0.00569. The minimum atomic E-state index is -4.16. The monoisotopic (exact) mass is 310 g/mol. The Kier molecular flexibility index (Phi) is 6.05. The first kappa shape index (κ1) is 16.5. The fourth-order valence-corrected chi connectivity index (χ4v) is 2.36. The standard InChI is InChI=1S/C11H13F3N2O3S/c1-19-9-5-4-8(16(17)18)10(15-9)20-7-3-2-6-11(12,13)14/h4-5H,2-3,6-7H2,1H3. The number of rotatable bonds is 7. The van der Waals surface area contributed by atoms with Gasteiger partial charge in [-0.1, -0.05) is 11.8 Å². The molecular formula is C11H13F3N2O3S. The number of hydrogen-bond acceptors (Lipinski definition) is 5. The van der Waals surface area contributed by atoms with Crippen LogP contribution in [0.2, 0.25) is 0 Å². The molecule has 0 saturated carbocycles. The zero-order valence-electron chi connectivity index (χ0n) is 10.6. The number of nitro groups is 1. The summed E-state index contributed by atoms with van der Waals surface area (Å²) in [6.45, 7) is 0. The zero-order chi connectivity index (χ0) is 15.2. The molecule has 9 heteroatoms. The molecule has 20 heavy (non-hydrogen) atoms. The smallest absolute Gasteiger partial charge is 0.389 e. The van der Waals surface area contributed by atoms with Crippen molar-refractivity contribution in [3.05, 3.63) is 22.2 Å². The molecule has 0 aromatic carbocycles. The Labute approximate surface area is 117 Å². The molecule has 0 unspecified atom stereocenters. The molecule has 1 aromatic rings. The van der Waals surface area contributed by atoms with Crippen LogP contribution in [0.3, 0.4) is 0 Å². The van der Waals surface area contributed by atoms with E-state index in [1.54, 1.807) is 0 Å². The van der Waals surface area contributed by atoms with Crippen molar-refractivity contribution in [1.82, 2.24) is 4.98 Å². The van der Waals surface area contributed by atoms with Crippen LogP contribution in [0.1, 0.15) is 19.3 Å². The van der Waals surface area contributed by atoms with Crippen molar-refractivity contribution < 1.29 is 22.8 Å². The van der Waals surface area contributed by atoms with Gasteiger partial charge in [0.05, 0.1) is 12.0 Å². The van der Waals surface area contributed by atoms with Crippen LogP contribution in [0.5, 0.6) is 5.88 Å². The van der Waals surface area contributed by atoms with Crippen LogP contribution in [0.25, 0.3) is 0 Å². The van der Waals surface area contributed by atoms with Gasteiger partial charge < -0.3 is 4.74 Å². The lowest BCUT2D eigenvalue weighted by Gasteiger charge is -2.06. The van der Waals surface area contributed by atoms with Crippen LogP contribution in [0.4, 0.5) is 18.9 Å². The topological polar surface area (TPSA) is 65.3 Å². The lowest BCUT2D eigenvalue weighted by atomic mass is 10.2. The van der Waals surface area contributed by atoms with E-state index >= 15 is 0 Å². The van der Waals surface area contributed by atoms with Gasteiger partial charge in [0.15, 0.2) is 5.03 Å². The highest BCUT2D eigenvalue weighted by Crippen LogP contribution is 2.30. The molecule has 0 aliphatic rings. The molecule has 0 aliphatic heterocycles. The number of thioether (sulfide) groups is 1. The fourth-order valence-electron chi connectivity index (χ4n) is 1.37. The van der Waals surface area contributed by atoms with E-state index in [1.165, 1.54) is 19.2 Å². The Hall–Kier alpha value is -1.51. The van der Waals surface area contributed by atoms with Gasteiger partial charge in [0.2, 0.25) is 5.88 Å². The summed E-state index contributed by atoms with van der Waals surface area (Å²) < 4.78 is 40.7. The maximum atomic E-state index is 11.9. The Morgan fingerprint density at radius 1 is 1.40 bits per heavy atom. The highest BCUT2D eigenvalue weighted by atomic mass is 32.2. The maximum Gasteiger partial charge on any atom is 0.389 e. The van der Waals surface area contributed by atoms with Gasteiger partial charge in [-0.05, 0) is 18.6 Å². The van der Waals surface area contributed by atoms with Crippen LogP contribution in [-0.2, 0) is 0 Å². The van der Waals surface area contributed by atoms with E-state index in [1.807, 2.05) is 0 Å². The molecule has 0 atom stereocenters. The second-order valence-electron chi connectivity index (χ2n) is 3.86. The van der Waals surface area contributed by atoms with Gasteiger partial charge in [0.1, 0.15) is 0 Å². The van der Waals surface area contributed by atoms with Crippen molar-refractivity contribution >= 4 is 17.4 Å². The number of alkyl halides is 3. The molecule has 0 spiro atoms. The molecule has 1 heterocycles. The second-order valence-corrected chi connectivity index (χ2v) is 4.94. The molecule has 0 saturated heterocycles. The summed E-state index contributed by atoms with van der Waals surface area (Å²) in [4.78, 5) is 14.2. The lowest BCUT2D eigenvalue weighted by molar-refractivity contribution is -0.388. The molecule has 112 valence electrons. The van der Waals surface area contributed by atoms with Crippen molar-refractivity contribution in [1.29, 1.82) is 0 Å². The molecule has 0 aliphatic carbocycles. The molecule has 0 N–H and O–H groups in total. The van der Waals surface area contributed by atoms with Crippen LogP contribution in [0, 0.1) is 10.1 Å². The van der Waals surface area contributed by atoms with E-state index in [0.717, 1.165) is 11.8 Å². The number of methoxy groups -OCH3 is 1. The van der Waals surface area contributed by atoms with E-state index in [9.17, 15) is 23.3 Å². The molecule has 0 radical (unpaired) electrons.